The Hall–Kier alpha value is -0.610. The van der Waals surface area contributed by atoms with Crippen molar-refractivity contribution >= 4 is 5.97 Å². The average molecular weight is 316 g/mol. The first kappa shape index (κ1) is 21.4. The Bertz CT molecular complexity index is 271. The zero-order chi connectivity index (χ0) is 16.8. The number of hydrogen-bond acceptors (Lipinski definition) is 4. The van der Waals surface area contributed by atoms with Crippen LogP contribution >= 0.6 is 0 Å². The number of ether oxygens (including phenoxy) is 1. The highest BCUT2D eigenvalue weighted by atomic mass is 16.5. The van der Waals surface area contributed by atoms with Gasteiger partial charge in [0, 0.05) is 0 Å². The second-order valence-electron chi connectivity index (χ2n) is 7.19. The normalized spacial score (nSPS) is 13.1. The standard InChI is InChI=1S/C18H36O4/c1-18(2,3)17(21)22-14-12-10-8-6-4-5-7-9-11-13-16(20)15-19/h16,19-20H,4-15H2,1-3H3/t16-/m1/s1. The van der Waals surface area contributed by atoms with Gasteiger partial charge in [-0.3, -0.25) is 4.79 Å². The largest absolute Gasteiger partial charge is 0.465 e. The third-order valence-corrected chi connectivity index (χ3v) is 3.74. The topological polar surface area (TPSA) is 66.8 Å². The van der Waals surface area contributed by atoms with Crippen LogP contribution in [0.3, 0.4) is 0 Å². The van der Waals surface area contributed by atoms with Crippen molar-refractivity contribution in [1.29, 1.82) is 0 Å². The van der Waals surface area contributed by atoms with Gasteiger partial charge in [-0.1, -0.05) is 51.4 Å². The average Bonchev–Trinajstić information content (AvgIpc) is 2.46. The summed E-state index contributed by atoms with van der Waals surface area (Å²) < 4.78 is 5.23. The highest BCUT2D eigenvalue weighted by Crippen LogP contribution is 2.16. The van der Waals surface area contributed by atoms with E-state index in [4.69, 9.17) is 9.84 Å². The number of aliphatic hydroxyl groups excluding tert-OH is 2. The highest BCUT2D eigenvalue weighted by molar-refractivity contribution is 5.75. The van der Waals surface area contributed by atoms with Crippen LogP contribution in [0.5, 0.6) is 0 Å². The quantitative estimate of drug-likeness (QED) is 0.400. The molecule has 22 heavy (non-hydrogen) atoms. The Kier molecular flexibility index (Phi) is 12.5. The number of unbranched alkanes of at least 4 members (excludes halogenated alkanes) is 8. The Morgan fingerprint density at radius 2 is 1.36 bits per heavy atom. The smallest absolute Gasteiger partial charge is 0.311 e. The van der Waals surface area contributed by atoms with Crippen LogP contribution in [0.1, 0.15) is 85.0 Å². The summed E-state index contributed by atoms with van der Waals surface area (Å²) in [5, 5.41) is 17.9. The van der Waals surface area contributed by atoms with E-state index < -0.39 is 11.5 Å². The molecule has 0 radical (unpaired) electrons. The summed E-state index contributed by atoms with van der Waals surface area (Å²) in [5.41, 5.74) is -0.396. The van der Waals surface area contributed by atoms with Crippen LogP contribution in [-0.4, -0.2) is 35.5 Å². The van der Waals surface area contributed by atoms with E-state index in [0.717, 1.165) is 25.7 Å². The van der Waals surface area contributed by atoms with Crippen molar-refractivity contribution in [2.75, 3.05) is 13.2 Å². The van der Waals surface area contributed by atoms with E-state index in [9.17, 15) is 9.90 Å². The lowest BCUT2D eigenvalue weighted by Gasteiger charge is -2.16. The molecule has 0 aliphatic heterocycles. The van der Waals surface area contributed by atoms with Gasteiger partial charge in [-0.2, -0.15) is 0 Å². The number of hydrogen-bond donors (Lipinski definition) is 2. The monoisotopic (exact) mass is 316 g/mol. The van der Waals surface area contributed by atoms with E-state index in [1.54, 1.807) is 0 Å². The molecular formula is C18H36O4. The Labute approximate surface area is 136 Å². The Balaban J connectivity index is 3.20. The van der Waals surface area contributed by atoms with Gasteiger partial charge < -0.3 is 14.9 Å². The molecule has 1 atom stereocenters. The third-order valence-electron chi connectivity index (χ3n) is 3.74. The Morgan fingerprint density at radius 3 is 1.82 bits per heavy atom. The molecular weight excluding hydrogens is 280 g/mol. The maximum atomic E-state index is 11.5. The minimum absolute atomic E-state index is 0.112. The van der Waals surface area contributed by atoms with E-state index in [0.29, 0.717) is 13.0 Å². The maximum Gasteiger partial charge on any atom is 0.311 e. The minimum Gasteiger partial charge on any atom is -0.465 e. The molecule has 0 bridgehead atoms. The van der Waals surface area contributed by atoms with Gasteiger partial charge >= 0.3 is 5.97 Å². The molecule has 4 nitrogen and oxygen atoms in total. The van der Waals surface area contributed by atoms with Gasteiger partial charge in [0.05, 0.1) is 24.7 Å². The van der Waals surface area contributed by atoms with Crippen LogP contribution in [0.2, 0.25) is 0 Å². The maximum absolute atomic E-state index is 11.5. The summed E-state index contributed by atoms with van der Waals surface area (Å²) in [6.45, 7) is 6.05. The van der Waals surface area contributed by atoms with Gasteiger partial charge in [0.25, 0.3) is 0 Å². The highest BCUT2D eigenvalue weighted by Gasteiger charge is 2.22. The predicted octanol–water partition coefficient (Wildman–Crippen LogP) is 3.83. The third kappa shape index (κ3) is 13.1. The number of rotatable bonds is 13. The van der Waals surface area contributed by atoms with E-state index in [1.165, 1.54) is 32.1 Å². The van der Waals surface area contributed by atoms with Crippen molar-refractivity contribution < 1.29 is 19.7 Å². The van der Waals surface area contributed by atoms with Crippen molar-refractivity contribution in [3.63, 3.8) is 0 Å². The van der Waals surface area contributed by atoms with E-state index in [1.807, 2.05) is 20.8 Å². The Morgan fingerprint density at radius 1 is 0.909 bits per heavy atom. The van der Waals surface area contributed by atoms with Crippen LogP contribution in [0.4, 0.5) is 0 Å². The summed E-state index contributed by atoms with van der Waals surface area (Å²) >= 11 is 0. The van der Waals surface area contributed by atoms with Gasteiger partial charge in [-0.25, -0.2) is 0 Å². The fourth-order valence-electron chi connectivity index (χ4n) is 2.19. The van der Waals surface area contributed by atoms with Crippen molar-refractivity contribution in [2.45, 2.75) is 91.1 Å². The van der Waals surface area contributed by atoms with Gasteiger partial charge in [-0.15, -0.1) is 0 Å². The lowest BCUT2D eigenvalue weighted by atomic mass is 9.97. The first-order valence-corrected chi connectivity index (χ1v) is 8.84. The van der Waals surface area contributed by atoms with Crippen molar-refractivity contribution in [1.82, 2.24) is 0 Å². The lowest BCUT2D eigenvalue weighted by molar-refractivity contribution is -0.153. The van der Waals surface area contributed by atoms with Crippen LogP contribution < -0.4 is 0 Å². The van der Waals surface area contributed by atoms with Crippen molar-refractivity contribution in [3.05, 3.63) is 0 Å². The van der Waals surface area contributed by atoms with Crippen LogP contribution in [0.15, 0.2) is 0 Å². The molecule has 132 valence electrons. The minimum atomic E-state index is -0.535. The fourth-order valence-corrected chi connectivity index (χ4v) is 2.19. The number of aliphatic hydroxyl groups is 2. The molecule has 0 aromatic heterocycles. The molecule has 2 N–H and O–H groups in total. The van der Waals surface area contributed by atoms with Crippen molar-refractivity contribution in [3.8, 4) is 0 Å². The molecule has 0 aromatic rings. The van der Waals surface area contributed by atoms with Crippen LogP contribution in [0.25, 0.3) is 0 Å². The van der Waals surface area contributed by atoms with Gasteiger partial charge in [0.1, 0.15) is 0 Å². The second kappa shape index (κ2) is 12.9. The molecule has 0 rings (SSSR count). The fraction of sp³-hybridized carbons (Fsp3) is 0.944. The van der Waals surface area contributed by atoms with Crippen molar-refractivity contribution in [2.24, 2.45) is 5.41 Å². The molecule has 0 amide bonds. The first-order chi connectivity index (χ1) is 10.4. The predicted molar refractivity (Wildman–Crippen MR) is 89.7 cm³/mol. The van der Waals surface area contributed by atoms with E-state index >= 15 is 0 Å². The molecule has 4 heteroatoms. The lowest BCUT2D eigenvalue weighted by Crippen LogP contribution is -2.23. The molecule has 0 fully saturated rings. The summed E-state index contributed by atoms with van der Waals surface area (Å²) in [7, 11) is 0. The van der Waals surface area contributed by atoms with Crippen LogP contribution in [-0.2, 0) is 9.53 Å². The molecule has 0 heterocycles. The van der Waals surface area contributed by atoms with Gasteiger partial charge in [-0.05, 0) is 33.6 Å². The van der Waals surface area contributed by atoms with Gasteiger partial charge in [0.15, 0.2) is 0 Å². The number of esters is 1. The summed E-state index contributed by atoms with van der Waals surface area (Å²) in [6.07, 6.45) is 10.6. The summed E-state index contributed by atoms with van der Waals surface area (Å²) in [5.74, 6) is -0.112. The van der Waals surface area contributed by atoms with E-state index in [-0.39, 0.29) is 12.6 Å². The van der Waals surface area contributed by atoms with E-state index in [2.05, 4.69) is 0 Å². The zero-order valence-corrected chi connectivity index (χ0v) is 14.8. The van der Waals surface area contributed by atoms with Gasteiger partial charge in [0.2, 0.25) is 0 Å². The molecule has 0 aliphatic carbocycles. The second-order valence-corrected chi connectivity index (χ2v) is 7.19. The number of carbonyl (C=O) groups excluding carboxylic acids is 1. The SMILES string of the molecule is CC(C)(C)C(=O)OCCCCCCCCCCC[C@@H](O)CO. The molecule has 0 spiro atoms. The molecule has 0 aliphatic rings. The zero-order valence-electron chi connectivity index (χ0n) is 14.8. The molecule has 0 unspecified atom stereocenters. The summed E-state index contributed by atoms with van der Waals surface area (Å²) in [4.78, 5) is 11.5. The first-order valence-electron chi connectivity index (χ1n) is 8.84. The molecule has 0 aromatic carbocycles. The van der Waals surface area contributed by atoms with Crippen LogP contribution in [0, 0.1) is 5.41 Å². The molecule has 0 saturated carbocycles. The molecule has 0 saturated heterocycles. The number of carbonyl (C=O) groups is 1. The summed E-state index contributed by atoms with van der Waals surface area (Å²) in [6, 6.07) is 0.